The normalized spacial score (nSPS) is 23.7. The van der Waals surface area contributed by atoms with Crippen molar-refractivity contribution in [1.29, 1.82) is 0 Å². The van der Waals surface area contributed by atoms with Gasteiger partial charge in [0.05, 0.1) is 16.1 Å². The molecule has 2 aliphatic heterocycles. The molecule has 2 aromatic heterocycles. The zero-order valence-electron chi connectivity index (χ0n) is 17.9. The topological polar surface area (TPSA) is 67.6 Å². The summed E-state index contributed by atoms with van der Waals surface area (Å²) >= 11 is 1.21. The van der Waals surface area contributed by atoms with Gasteiger partial charge in [0, 0.05) is 18.2 Å². The highest BCUT2D eigenvalue weighted by Gasteiger charge is 2.39. The predicted molar refractivity (Wildman–Crippen MR) is 122 cm³/mol. The lowest BCUT2D eigenvalue weighted by Gasteiger charge is -2.36. The summed E-state index contributed by atoms with van der Waals surface area (Å²) in [5.74, 6) is 5.23. The zero-order chi connectivity index (χ0) is 22.4. The van der Waals surface area contributed by atoms with Gasteiger partial charge in [-0.25, -0.2) is 9.37 Å². The van der Waals surface area contributed by atoms with Crippen molar-refractivity contribution in [2.75, 3.05) is 7.05 Å². The average Bonchev–Trinajstić information content (AvgIpc) is 3.25. The quantitative estimate of drug-likeness (QED) is 0.617. The van der Waals surface area contributed by atoms with Crippen molar-refractivity contribution < 1.29 is 14.2 Å². The highest BCUT2D eigenvalue weighted by atomic mass is 32.1. The van der Waals surface area contributed by atoms with Gasteiger partial charge in [-0.3, -0.25) is 9.36 Å². The molecule has 5 rings (SSSR count). The van der Waals surface area contributed by atoms with Gasteiger partial charge in [-0.1, -0.05) is 11.8 Å². The van der Waals surface area contributed by atoms with Crippen LogP contribution in [0.5, 0.6) is 5.75 Å². The molecule has 0 spiro atoms. The molecule has 0 radical (unpaired) electrons. The van der Waals surface area contributed by atoms with Crippen LogP contribution in [0.25, 0.3) is 15.9 Å². The first kappa shape index (κ1) is 21.1. The first-order valence-corrected chi connectivity index (χ1v) is 11.6. The minimum atomic E-state index is -0.752. The van der Waals surface area contributed by atoms with E-state index in [1.165, 1.54) is 41.1 Å². The molecule has 32 heavy (non-hydrogen) atoms. The Labute approximate surface area is 189 Å². The predicted octanol–water partition coefficient (Wildman–Crippen LogP) is 3.32. The highest BCUT2D eigenvalue weighted by Crippen LogP contribution is 2.36. The molecule has 0 amide bonds. The third-order valence-corrected chi connectivity index (χ3v) is 7.41. The Bertz CT molecular complexity index is 1280. The van der Waals surface area contributed by atoms with Crippen LogP contribution in [0.3, 0.4) is 0 Å². The molecular weight excluding hydrogens is 429 g/mol. The Hall–Kier alpha value is -2.73. The number of aromatic nitrogens is 2. The third-order valence-electron chi connectivity index (χ3n) is 6.38. The van der Waals surface area contributed by atoms with Gasteiger partial charge < -0.3 is 14.7 Å². The summed E-state index contributed by atoms with van der Waals surface area (Å²) in [5.41, 5.74) is 0.635. The molecule has 6 nitrogen and oxygen atoms in total. The van der Waals surface area contributed by atoms with Crippen molar-refractivity contribution in [3.05, 3.63) is 51.6 Å². The van der Waals surface area contributed by atoms with Gasteiger partial charge in [-0.05, 0) is 57.9 Å². The van der Waals surface area contributed by atoms with E-state index >= 15 is 0 Å². The van der Waals surface area contributed by atoms with Crippen molar-refractivity contribution in [2.24, 2.45) is 0 Å². The van der Waals surface area contributed by atoms with Crippen LogP contribution in [0.2, 0.25) is 0 Å². The molecule has 2 fully saturated rings. The number of aliphatic hydroxyl groups is 1. The van der Waals surface area contributed by atoms with Gasteiger partial charge in [0.2, 0.25) is 0 Å². The number of aliphatic hydroxyl groups excluding tert-OH is 1. The molecule has 2 aliphatic rings. The largest absolute Gasteiger partial charge is 0.487 e. The number of thiophene rings is 1. The number of rotatable bonds is 3. The molecule has 0 saturated carbocycles. The average molecular weight is 454 g/mol. The van der Waals surface area contributed by atoms with Gasteiger partial charge in [0.15, 0.2) is 11.6 Å². The van der Waals surface area contributed by atoms with Crippen LogP contribution in [0.15, 0.2) is 35.4 Å². The second kappa shape index (κ2) is 8.32. The molecule has 4 atom stereocenters. The maximum atomic E-state index is 14.9. The van der Waals surface area contributed by atoms with Crippen molar-refractivity contribution in [2.45, 2.75) is 56.9 Å². The summed E-state index contributed by atoms with van der Waals surface area (Å²) < 4.78 is 22.7. The van der Waals surface area contributed by atoms with Gasteiger partial charge in [0.1, 0.15) is 23.2 Å². The number of nitrogens with zero attached hydrogens (tertiary/aromatic N) is 3. The SMILES string of the molecule is CC(O)C#Cc1cc2ncn(-c3ccc(O[C@H]4C[C@H]5CC[C@@H](C4)N5C)c(F)c3)c(=O)c2s1. The van der Waals surface area contributed by atoms with Crippen LogP contribution in [0, 0.1) is 17.7 Å². The molecule has 166 valence electrons. The van der Waals surface area contributed by atoms with E-state index in [0.29, 0.717) is 32.9 Å². The fourth-order valence-corrected chi connectivity index (χ4v) is 5.61. The summed E-state index contributed by atoms with van der Waals surface area (Å²) in [5, 5.41) is 9.33. The number of benzene rings is 1. The van der Waals surface area contributed by atoms with Crippen molar-refractivity contribution >= 4 is 21.6 Å². The minimum Gasteiger partial charge on any atom is -0.487 e. The summed E-state index contributed by atoms with van der Waals surface area (Å²) in [4.78, 5) is 20.4. The van der Waals surface area contributed by atoms with Crippen LogP contribution >= 0.6 is 11.3 Å². The van der Waals surface area contributed by atoms with E-state index in [0.717, 1.165) is 12.8 Å². The molecule has 2 saturated heterocycles. The fraction of sp³-hybridized carbons (Fsp3) is 0.417. The molecule has 2 bridgehead atoms. The smallest absolute Gasteiger partial charge is 0.275 e. The summed E-state index contributed by atoms with van der Waals surface area (Å²) in [6.07, 6.45) is 4.83. The lowest BCUT2D eigenvalue weighted by atomic mass is 10.0. The second-order valence-electron chi connectivity index (χ2n) is 8.57. The zero-order valence-corrected chi connectivity index (χ0v) is 18.7. The molecule has 8 heteroatoms. The van der Waals surface area contributed by atoms with Gasteiger partial charge in [-0.15, -0.1) is 11.3 Å². The Morgan fingerprint density at radius 3 is 2.72 bits per heavy atom. The molecular formula is C24H24FN3O3S. The van der Waals surface area contributed by atoms with E-state index < -0.39 is 11.9 Å². The number of piperidine rings is 1. The molecule has 3 aromatic rings. The monoisotopic (exact) mass is 453 g/mol. The van der Waals surface area contributed by atoms with Crippen molar-refractivity contribution in [1.82, 2.24) is 14.5 Å². The van der Waals surface area contributed by atoms with Crippen molar-refractivity contribution in [3.8, 4) is 23.3 Å². The Kier molecular flexibility index (Phi) is 5.49. The minimum absolute atomic E-state index is 0.0112. The summed E-state index contributed by atoms with van der Waals surface area (Å²) in [6, 6.07) is 7.33. The number of hydrogen-bond donors (Lipinski definition) is 1. The Balaban J connectivity index is 1.39. The number of fused-ring (bicyclic) bond motifs is 3. The lowest BCUT2D eigenvalue weighted by molar-refractivity contribution is 0.0636. The van der Waals surface area contributed by atoms with Crippen LogP contribution in [-0.4, -0.2) is 50.9 Å². The van der Waals surface area contributed by atoms with Crippen LogP contribution in [-0.2, 0) is 0 Å². The highest BCUT2D eigenvalue weighted by molar-refractivity contribution is 7.19. The maximum absolute atomic E-state index is 14.9. The first-order valence-electron chi connectivity index (χ1n) is 10.8. The molecule has 1 N–H and O–H groups in total. The van der Waals surface area contributed by atoms with Gasteiger partial charge in [-0.2, -0.15) is 0 Å². The van der Waals surface area contributed by atoms with Crippen LogP contribution in [0.1, 0.15) is 37.5 Å². The maximum Gasteiger partial charge on any atom is 0.275 e. The molecule has 0 aliphatic carbocycles. The number of hydrogen-bond acceptors (Lipinski definition) is 6. The summed E-state index contributed by atoms with van der Waals surface area (Å²) in [6.45, 7) is 1.57. The van der Waals surface area contributed by atoms with E-state index in [-0.39, 0.29) is 17.4 Å². The Morgan fingerprint density at radius 1 is 1.28 bits per heavy atom. The van der Waals surface area contributed by atoms with Gasteiger partial charge >= 0.3 is 0 Å². The standard InChI is InChI=1S/C24H24FN3O3S/c1-14(29)3-7-19-12-21-23(32-19)24(30)28(13-26-21)17-6-8-22(20(25)11-17)31-18-9-15-4-5-16(10-18)27(15)2/h6,8,11-16,18,29H,4-5,9-10H2,1-2H3/t14?,15-,16+,18+. The van der Waals surface area contributed by atoms with E-state index in [2.05, 4.69) is 28.8 Å². The van der Waals surface area contributed by atoms with E-state index in [1.54, 1.807) is 25.1 Å². The first-order chi connectivity index (χ1) is 15.4. The number of ether oxygens (including phenoxy) is 1. The van der Waals surface area contributed by atoms with Crippen molar-refractivity contribution in [3.63, 3.8) is 0 Å². The van der Waals surface area contributed by atoms with E-state index in [9.17, 15) is 14.3 Å². The van der Waals surface area contributed by atoms with Gasteiger partial charge in [0.25, 0.3) is 5.56 Å². The molecule has 4 heterocycles. The van der Waals surface area contributed by atoms with Crippen LogP contribution in [0.4, 0.5) is 4.39 Å². The third kappa shape index (κ3) is 3.92. The van der Waals surface area contributed by atoms with Crippen LogP contribution < -0.4 is 10.3 Å². The number of halogens is 1. The lowest BCUT2D eigenvalue weighted by Crippen LogP contribution is -2.43. The molecule has 1 aromatic carbocycles. The second-order valence-corrected chi connectivity index (χ2v) is 9.62. The molecule has 1 unspecified atom stereocenters. The van der Waals surface area contributed by atoms with E-state index in [4.69, 9.17) is 4.74 Å². The Morgan fingerprint density at radius 2 is 2.03 bits per heavy atom. The van der Waals surface area contributed by atoms with E-state index in [1.807, 2.05) is 0 Å². The fourth-order valence-electron chi connectivity index (χ4n) is 4.71. The summed E-state index contributed by atoms with van der Waals surface area (Å²) in [7, 11) is 2.16.